The monoisotopic (exact) mass is 739 g/mol. The van der Waals surface area contributed by atoms with Crippen LogP contribution in [0.25, 0.3) is 88.0 Å². The van der Waals surface area contributed by atoms with Crippen LogP contribution in [0.3, 0.4) is 0 Å². The van der Waals surface area contributed by atoms with E-state index in [-0.39, 0.29) is 0 Å². The zero-order chi connectivity index (χ0) is 38.4. The van der Waals surface area contributed by atoms with Gasteiger partial charge in [-0.1, -0.05) is 188 Å². The molecule has 1 heterocycles. The Bertz CT molecular complexity index is 3270. The summed E-state index contributed by atoms with van der Waals surface area (Å²) < 4.78 is 6.91. The normalized spacial score (nSPS) is 11.4. The van der Waals surface area contributed by atoms with Gasteiger partial charge in [0, 0.05) is 38.7 Å². The maximum absolute atomic E-state index is 6.91. The van der Waals surface area contributed by atoms with E-state index >= 15 is 0 Å². The Kier molecular flexibility index (Phi) is 8.19. The van der Waals surface area contributed by atoms with E-state index in [1.165, 1.54) is 44.0 Å². The van der Waals surface area contributed by atoms with Crippen LogP contribution >= 0.6 is 0 Å². The Balaban J connectivity index is 1.12. The van der Waals surface area contributed by atoms with Crippen LogP contribution in [0.4, 0.5) is 17.1 Å². The van der Waals surface area contributed by atoms with E-state index < -0.39 is 0 Å². The van der Waals surface area contributed by atoms with Crippen LogP contribution in [0.2, 0.25) is 0 Å². The molecule has 0 saturated heterocycles. The number of hydrogen-bond acceptors (Lipinski definition) is 2. The number of nitrogens with zero attached hydrogens (tertiary/aromatic N) is 1. The van der Waals surface area contributed by atoms with E-state index in [4.69, 9.17) is 4.42 Å². The molecule has 0 bridgehead atoms. The summed E-state index contributed by atoms with van der Waals surface area (Å²) in [4.78, 5) is 2.40. The van der Waals surface area contributed by atoms with Crippen LogP contribution in [0, 0.1) is 0 Å². The highest BCUT2D eigenvalue weighted by Gasteiger charge is 2.22. The van der Waals surface area contributed by atoms with Crippen LogP contribution in [0.5, 0.6) is 0 Å². The number of anilines is 3. The molecule has 2 heteroatoms. The topological polar surface area (TPSA) is 16.4 Å². The molecule has 0 spiro atoms. The second-order valence-electron chi connectivity index (χ2n) is 14.8. The molecule has 10 aromatic carbocycles. The summed E-state index contributed by atoms with van der Waals surface area (Å²) in [6.07, 6.45) is 0. The summed E-state index contributed by atoms with van der Waals surface area (Å²) in [6, 6.07) is 80.6. The third kappa shape index (κ3) is 5.74. The maximum Gasteiger partial charge on any atom is 0.143 e. The number of rotatable bonds is 7. The van der Waals surface area contributed by atoms with Crippen LogP contribution in [0.1, 0.15) is 0 Å². The number of hydrogen-bond donors (Lipinski definition) is 0. The van der Waals surface area contributed by atoms with Gasteiger partial charge in [-0.3, -0.25) is 0 Å². The van der Waals surface area contributed by atoms with Crippen molar-refractivity contribution in [1.82, 2.24) is 0 Å². The molecule has 272 valence electrons. The average Bonchev–Trinajstić information content (AvgIpc) is 3.70. The van der Waals surface area contributed by atoms with Gasteiger partial charge in [0.15, 0.2) is 0 Å². The lowest BCUT2D eigenvalue weighted by molar-refractivity contribution is 0.674. The largest absolute Gasteiger partial charge is 0.455 e. The molecule has 0 N–H and O–H groups in total. The van der Waals surface area contributed by atoms with E-state index in [0.29, 0.717) is 0 Å². The molecule has 1 aromatic heterocycles. The molecule has 0 fully saturated rings. The molecule has 0 aliphatic rings. The minimum atomic E-state index is 0.888. The molecule has 0 radical (unpaired) electrons. The first kappa shape index (κ1) is 33.6. The summed E-state index contributed by atoms with van der Waals surface area (Å²) in [5, 5.41) is 6.99. The van der Waals surface area contributed by atoms with Gasteiger partial charge >= 0.3 is 0 Å². The summed E-state index contributed by atoms with van der Waals surface area (Å²) in [5.74, 6) is 0. The molecule has 0 saturated carbocycles. The van der Waals surface area contributed by atoms with Crippen LogP contribution in [-0.2, 0) is 0 Å². The lowest BCUT2D eigenvalue weighted by atomic mass is 9.91. The third-order valence-corrected chi connectivity index (χ3v) is 11.5. The molecular weight excluding hydrogens is 703 g/mol. The smallest absolute Gasteiger partial charge is 0.143 e. The van der Waals surface area contributed by atoms with Gasteiger partial charge in [0.05, 0.1) is 5.69 Å². The molecule has 0 unspecified atom stereocenters. The van der Waals surface area contributed by atoms with Crippen molar-refractivity contribution in [3.05, 3.63) is 224 Å². The molecule has 11 aromatic rings. The number of furan rings is 1. The SMILES string of the molecule is c1ccc(-c2ccc(N(c3cccc(-c4cccc5cccc(-c6ccccc6)c45)c3)c3ccccc3-c3cccc4c3oc3c5ccccc5ccc43)cc2)cc1. The average molecular weight is 740 g/mol. The molecule has 0 atom stereocenters. The van der Waals surface area contributed by atoms with Gasteiger partial charge < -0.3 is 9.32 Å². The van der Waals surface area contributed by atoms with Crippen molar-refractivity contribution in [3.63, 3.8) is 0 Å². The molecular formula is C56H37NO. The van der Waals surface area contributed by atoms with Gasteiger partial charge in [-0.2, -0.15) is 0 Å². The highest BCUT2D eigenvalue weighted by molar-refractivity contribution is 6.17. The maximum atomic E-state index is 6.91. The van der Waals surface area contributed by atoms with Gasteiger partial charge in [-0.25, -0.2) is 0 Å². The van der Waals surface area contributed by atoms with E-state index in [1.807, 2.05) is 0 Å². The summed E-state index contributed by atoms with van der Waals surface area (Å²) in [5.41, 5.74) is 14.3. The predicted molar refractivity (Wildman–Crippen MR) is 245 cm³/mol. The number of benzene rings is 10. The second-order valence-corrected chi connectivity index (χ2v) is 14.8. The fraction of sp³-hybridized carbons (Fsp3) is 0. The minimum Gasteiger partial charge on any atom is -0.455 e. The first-order valence-electron chi connectivity index (χ1n) is 19.8. The molecule has 0 aliphatic carbocycles. The van der Waals surface area contributed by atoms with Crippen molar-refractivity contribution in [3.8, 4) is 44.5 Å². The Labute approximate surface area is 337 Å². The Hall–Kier alpha value is -7.68. The summed E-state index contributed by atoms with van der Waals surface area (Å²) >= 11 is 0. The highest BCUT2D eigenvalue weighted by atomic mass is 16.3. The summed E-state index contributed by atoms with van der Waals surface area (Å²) in [7, 11) is 0. The predicted octanol–water partition coefficient (Wildman–Crippen LogP) is 16.0. The first-order chi connectivity index (χ1) is 28.8. The van der Waals surface area contributed by atoms with Crippen LogP contribution in [-0.4, -0.2) is 0 Å². The van der Waals surface area contributed by atoms with Crippen LogP contribution in [0.15, 0.2) is 229 Å². The Morgan fingerprint density at radius 1 is 0.293 bits per heavy atom. The number of para-hydroxylation sites is 2. The third-order valence-electron chi connectivity index (χ3n) is 11.5. The molecule has 2 nitrogen and oxygen atoms in total. The molecule has 11 rings (SSSR count). The van der Waals surface area contributed by atoms with Gasteiger partial charge in [0.1, 0.15) is 11.2 Å². The lowest BCUT2D eigenvalue weighted by Crippen LogP contribution is -2.11. The quantitative estimate of drug-likeness (QED) is 0.162. The van der Waals surface area contributed by atoms with Crippen molar-refractivity contribution < 1.29 is 4.42 Å². The van der Waals surface area contributed by atoms with Crippen molar-refractivity contribution in [2.75, 3.05) is 4.90 Å². The van der Waals surface area contributed by atoms with Crippen LogP contribution < -0.4 is 4.90 Å². The van der Waals surface area contributed by atoms with Crippen molar-refractivity contribution in [2.45, 2.75) is 0 Å². The Morgan fingerprint density at radius 2 is 0.845 bits per heavy atom. The fourth-order valence-corrected chi connectivity index (χ4v) is 8.75. The highest BCUT2D eigenvalue weighted by Crippen LogP contribution is 2.46. The molecule has 58 heavy (non-hydrogen) atoms. The van der Waals surface area contributed by atoms with Gasteiger partial charge in [-0.05, 0) is 85.9 Å². The number of fused-ring (bicyclic) bond motifs is 6. The minimum absolute atomic E-state index is 0.888. The fourth-order valence-electron chi connectivity index (χ4n) is 8.75. The van der Waals surface area contributed by atoms with E-state index in [1.54, 1.807) is 0 Å². The lowest BCUT2D eigenvalue weighted by Gasteiger charge is -2.28. The van der Waals surface area contributed by atoms with Crippen molar-refractivity contribution >= 4 is 60.5 Å². The molecule has 0 amide bonds. The van der Waals surface area contributed by atoms with Gasteiger partial charge in [0.25, 0.3) is 0 Å². The zero-order valence-electron chi connectivity index (χ0n) is 31.7. The second kappa shape index (κ2) is 14.1. The van der Waals surface area contributed by atoms with E-state index in [2.05, 4.69) is 229 Å². The molecule has 0 aliphatic heterocycles. The van der Waals surface area contributed by atoms with E-state index in [0.717, 1.165) is 61.1 Å². The van der Waals surface area contributed by atoms with Crippen molar-refractivity contribution in [1.29, 1.82) is 0 Å². The van der Waals surface area contributed by atoms with E-state index in [9.17, 15) is 0 Å². The van der Waals surface area contributed by atoms with Crippen molar-refractivity contribution in [2.24, 2.45) is 0 Å². The summed E-state index contributed by atoms with van der Waals surface area (Å²) in [6.45, 7) is 0. The first-order valence-corrected chi connectivity index (χ1v) is 19.8. The Morgan fingerprint density at radius 3 is 1.66 bits per heavy atom. The zero-order valence-corrected chi connectivity index (χ0v) is 31.7. The van der Waals surface area contributed by atoms with Gasteiger partial charge in [-0.15, -0.1) is 0 Å². The standard InChI is InChI=1S/C56H37NO/c1-3-15-38(16-4-1)39-31-34-44(35-32-39)57(45-23-11-22-43(37-45)47-27-13-21-42-20-12-26-46(54(42)47)40-17-5-2-6-18-40)53-30-10-9-25-49(53)50-28-14-29-51-52-36-33-41-19-7-8-24-48(41)55(52)58-56(50)51/h1-37H. The van der Waals surface area contributed by atoms with Gasteiger partial charge in [0.2, 0.25) is 0 Å².